The minimum atomic E-state index is -1.04. The number of pyridine rings is 1. The highest BCUT2D eigenvalue weighted by Gasteiger charge is 2.33. The highest BCUT2D eigenvalue weighted by Crippen LogP contribution is 2.41. The van der Waals surface area contributed by atoms with Crippen molar-refractivity contribution in [3.05, 3.63) is 47.1 Å². The van der Waals surface area contributed by atoms with Gasteiger partial charge in [-0.15, -0.1) is 0 Å². The number of hydrogen-bond acceptors (Lipinski definition) is 6. The quantitative estimate of drug-likeness (QED) is 0.809. The second kappa shape index (κ2) is 8.34. The molecule has 8 heteroatoms. The van der Waals surface area contributed by atoms with Gasteiger partial charge in [0.15, 0.2) is 12.0 Å². The molecule has 28 heavy (non-hydrogen) atoms. The van der Waals surface area contributed by atoms with E-state index in [1.807, 2.05) is 11.0 Å². The zero-order valence-corrected chi connectivity index (χ0v) is 16.0. The number of carboxylic acids is 1. The van der Waals surface area contributed by atoms with Crippen LogP contribution in [0.25, 0.3) is 0 Å². The first-order valence-corrected chi connectivity index (χ1v) is 9.64. The third kappa shape index (κ3) is 3.92. The van der Waals surface area contributed by atoms with Crippen LogP contribution in [0.2, 0.25) is 5.02 Å². The van der Waals surface area contributed by atoms with Gasteiger partial charge >= 0.3 is 5.97 Å². The first-order chi connectivity index (χ1) is 13.6. The van der Waals surface area contributed by atoms with Gasteiger partial charge in [0.05, 0.1) is 23.4 Å². The number of carbonyl (C=O) groups is 1. The topological polar surface area (TPSA) is 81.1 Å². The van der Waals surface area contributed by atoms with Gasteiger partial charge < -0.3 is 24.2 Å². The highest BCUT2D eigenvalue weighted by atomic mass is 35.5. The number of carboxylic acid groups (broad SMARTS) is 1. The number of nitrogens with zero attached hydrogens (tertiary/aromatic N) is 2. The highest BCUT2D eigenvalue weighted by molar-refractivity contribution is 6.30. The number of anilines is 2. The fourth-order valence-corrected chi connectivity index (χ4v) is 3.60. The Hall–Kier alpha value is -2.35. The molecule has 2 unspecified atom stereocenters. The van der Waals surface area contributed by atoms with E-state index >= 15 is 0 Å². The van der Waals surface area contributed by atoms with E-state index in [-0.39, 0.29) is 24.5 Å². The lowest BCUT2D eigenvalue weighted by molar-refractivity contribution is -0.165. The second-order valence-corrected chi connectivity index (χ2v) is 7.19. The van der Waals surface area contributed by atoms with Gasteiger partial charge in [-0.2, -0.15) is 0 Å². The maximum atomic E-state index is 11.6. The van der Waals surface area contributed by atoms with Gasteiger partial charge in [0.1, 0.15) is 18.0 Å². The van der Waals surface area contributed by atoms with E-state index in [9.17, 15) is 9.90 Å². The Morgan fingerprint density at radius 1 is 1.32 bits per heavy atom. The summed E-state index contributed by atoms with van der Waals surface area (Å²) in [6.07, 6.45) is 4.35. The summed E-state index contributed by atoms with van der Waals surface area (Å²) in [6, 6.07) is 8.41. The van der Waals surface area contributed by atoms with Crippen molar-refractivity contribution in [3.63, 3.8) is 0 Å². The molecule has 0 amide bonds. The maximum absolute atomic E-state index is 11.6. The fraction of sp³-hybridized carbons (Fsp3) is 0.400. The summed E-state index contributed by atoms with van der Waals surface area (Å²) in [6.45, 7) is 1.35. The number of para-hydroxylation sites is 1. The minimum Gasteiger partial charge on any atom is -0.488 e. The standard InChI is InChI=1S/C20H21ClN2O5/c21-13-7-8-17(22-10-13)23-14(11-27-18-6-1-2-9-26-18)12-28-19-15(20(24)25)4-3-5-16(19)23/h3-5,7-8,10,14,18H,1-2,6,9,11-12H2,(H,24,25). The molecule has 4 rings (SSSR count). The van der Waals surface area contributed by atoms with Gasteiger partial charge in [0, 0.05) is 12.8 Å². The molecule has 1 fully saturated rings. The third-order valence-corrected chi connectivity index (χ3v) is 5.06. The summed E-state index contributed by atoms with van der Waals surface area (Å²) in [5.74, 6) is -0.0576. The Morgan fingerprint density at radius 2 is 2.21 bits per heavy atom. The Balaban J connectivity index is 1.65. The summed E-state index contributed by atoms with van der Waals surface area (Å²) in [5, 5.41) is 10.0. The molecule has 1 aromatic heterocycles. The number of hydrogen-bond donors (Lipinski definition) is 1. The van der Waals surface area contributed by atoms with Crippen LogP contribution < -0.4 is 9.64 Å². The lowest BCUT2D eigenvalue weighted by atomic mass is 10.1. The van der Waals surface area contributed by atoms with Gasteiger partial charge in [0.25, 0.3) is 0 Å². The number of aromatic nitrogens is 1. The van der Waals surface area contributed by atoms with Gasteiger partial charge in [-0.25, -0.2) is 9.78 Å². The first-order valence-electron chi connectivity index (χ1n) is 9.26. The van der Waals surface area contributed by atoms with Crippen LogP contribution in [0.1, 0.15) is 29.6 Å². The van der Waals surface area contributed by atoms with E-state index < -0.39 is 5.97 Å². The zero-order valence-electron chi connectivity index (χ0n) is 15.2. The van der Waals surface area contributed by atoms with Gasteiger partial charge in [-0.3, -0.25) is 0 Å². The zero-order chi connectivity index (χ0) is 19.5. The van der Waals surface area contributed by atoms with E-state index in [1.165, 1.54) is 6.07 Å². The van der Waals surface area contributed by atoms with Crippen molar-refractivity contribution < 1.29 is 24.1 Å². The number of ether oxygens (including phenoxy) is 3. The molecular weight excluding hydrogens is 384 g/mol. The molecule has 0 aliphatic carbocycles. The first kappa shape index (κ1) is 19.0. The van der Waals surface area contributed by atoms with Crippen LogP contribution in [0.5, 0.6) is 5.75 Å². The number of aromatic carboxylic acids is 1. The lowest BCUT2D eigenvalue weighted by Crippen LogP contribution is -2.45. The van der Waals surface area contributed by atoms with Crippen LogP contribution in [0.15, 0.2) is 36.5 Å². The summed E-state index contributed by atoms with van der Waals surface area (Å²) in [7, 11) is 0. The molecule has 7 nitrogen and oxygen atoms in total. The summed E-state index contributed by atoms with van der Waals surface area (Å²) < 4.78 is 17.5. The largest absolute Gasteiger partial charge is 0.488 e. The van der Waals surface area contributed by atoms with E-state index in [4.69, 9.17) is 25.8 Å². The van der Waals surface area contributed by atoms with E-state index in [0.29, 0.717) is 35.5 Å². The van der Waals surface area contributed by atoms with Crippen molar-refractivity contribution in [1.29, 1.82) is 0 Å². The summed E-state index contributed by atoms with van der Waals surface area (Å²) >= 11 is 5.99. The van der Waals surface area contributed by atoms with E-state index in [1.54, 1.807) is 24.4 Å². The fourth-order valence-electron chi connectivity index (χ4n) is 3.49. The second-order valence-electron chi connectivity index (χ2n) is 6.76. The smallest absolute Gasteiger partial charge is 0.339 e. The van der Waals surface area contributed by atoms with E-state index in [2.05, 4.69) is 4.98 Å². The lowest BCUT2D eigenvalue weighted by Gasteiger charge is -2.38. The van der Waals surface area contributed by atoms with Crippen molar-refractivity contribution >= 4 is 29.1 Å². The molecule has 0 saturated carbocycles. The minimum absolute atomic E-state index is 0.117. The predicted molar refractivity (Wildman–Crippen MR) is 104 cm³/mol. The molecule has 1 saturated heterocycles. The Kier molecular flexibility index (Phi) is 5.66. The Labute approximate surface area is 167 Å². The number of benzene rings is 1. The number of rotatable bonds is 5. The third-order valence-electron chi connectivity index (χ3n) is 4.84. The maximum Gasteiger partial charge on any atom is 0.339 e. The number of halogens is 1. The van der Waals surface area contributed by atoms with Crippen molar-refractivity contribution in [3.8, 4) is 5.75 Å². The summed E-state index contributed by atoms with van der Waals surface area (Å²) in [4.78, 5) is 18.0. The van der Waals surface area contributed by atoms with Gasteiger partial charge in [-0.05, 0) is 43.5 Å². The van der Waals surface area contributed by atoms with Crippen LogP contribution in [0.4, 0.5) is 11.5 Å². The van der Waals surface area contributed by atoms with Gasteiger partial charge in [0.2, 0.25) is 0 Å². The van der Waals surface area contributed by atoms with Crippen LogP contribution in [0.3, 0.4) is 0 Å². The molecule has 2 aliphatic rings. The van der Waals surface area contributed by atoms with Crippen molar-refractivity contribution in [2.24, 2.45) is 0 Å². The average molecular weight is 405 g/mol. The molecule has 1 N–H and O–H groups in total. The molecule has 2 aliphatic heterocycles. The Morgan fingerprint density at radius 3 is 2.93 bits per heavy atom. The summed E-state index contributed by atoms with van der Waals surface area (Å²) in [5.41, 5.74) is 0.755. The molecule has 0 radical (unpaired) electrons. The van der Waals surface area contributed by atoms with Crippen LogP contribution >= 0.6 is 11.6 Å². The molecule has 2 atom stereocenters. The SMILES string of the molecule is O=C(O)c1cccc2c1OCC(COC1CCCCO1)N2c1ccc(Cl)cn1. The van der Waals surface area contributed by atoms with Crippen molar-refractivity contribution in [2.45, 2.75) is 31.6 Å². The van der Waals surface area contributed by atoms with Crippen LogP contribution in [-0.2, 0) is 9.47 Å². The molecule has 0 bridgehead atoms. The molecular formula is C20H21ClN2O5. The van der Waals surface area contributed by atoms with Crippen LogP contribution in [-0.4, -0.2) is 48.2 Å². The molecule has 2 aromatic rings. The monoisotopic (exact) mass is 404 g/mol. The van der Waals surface area contributed by atoms with Gasteiger partial charge in [-0.1, -0.05) is 17.7 Å². The van der Waals surface area contributed by atoms with Crippen LogP contribution in [0, 0.1) is 0 Å². The number of fused-ring (bicyclic) bond motifs is 1. The van der Waals surface area contributed by atoms with E-state index in [0.717, 1.165) is 19.3 Å². The van der Waals surface area contributed by atoms with Crippen molar-refractivity contribution in [2.75, 3.05) is 24.7 Å². The Bertz CT molecular complexity index is 839. The average Bonchev–Trinajstić information content (AvgIpc) is 2.72. The molecule has 0 spiro atoms. The normalized spacial score (nSPS) is 21.7. The molecule has 148 valence electrons. The molecule has 1 aromatic carbocycles. The van der Waals surface area contributed by atoms with Crippen molar-refractivity contribution in [1.82, 2.24) is 4.98 Å². The predicted octanol–water partition coefficient (Wildman–Crippen LogP) is 3.88. The molecule has 3 heterocycles.